The van der Waals surface area contributed by atoms with Crippen molar-refractivity contribution in [2.45, 2.75) is 51.5 Å². The van der Waals surface area contributed by atoms with Gasteiger partial charge in [-0.1, -0.05) is 26.2 Å². The van der Waals surface area contributed by atoms with E-state index in [1.165, 1.54) is 32.1 Å². The summed E-state index contributed by atoms with van der Waals surface area (Å²) < 4.78 is 26.6. The number of hydrogen-bond donors (Lipinski definition) is 2. The molecule has 0 radical (unpaired) electrons. The fraction of sp³-hybridized carbons (Fsp3) is 1.00. The Morgan fingerprint density at radius 3 is 2.41 bits per heavy atom. The van der Waals surface area contributed by atoms with Crippen LogP contribution in [0.15, 0.2) is 0 Å². The lowest BCUT2D eigenvalue weighted by Crippen LogP contribution is -2.42. The number of nitrogens with one attached hydrogen (secondary N) is 2. The van der Waals surface area contributed by atoms with E-state index < -0.39 is 10.0 Å². The normalized spacial score (nSPS) is 20.4. The predicted molar refractivity (Wildman–Crippen MR) is 71.5 cm³/mol. The summed E-state index contributed by atoms with van der Waals surface area (Å²) >= 11 is 0. The maximum absolute atomic E-state index is 11.9. The lowest BCUT2D eigenvalue weighted by molar-refractivity contribution is 0.285. The Morgan fingerprint density at radius 2 is 1.88 bits per heavy atom. The van der Waals surface area contributed by atoms with Gasteiger partial charge in [-0.2, -0.15) is 0 Å². The summed E-state index contributed by atoms with van der Waals surface area (Å²) in [6.07, 6.45) is 7.04. The molecule has 1 unspecified atom stereocenters. The first kappa shape index (κ1) is 14.9. The molecule has 17 heavy (non-hydrogen) atoms. The first-order chi connectivity index (χ1) is 8.09. The van der Waals surface area contributed by atoms with E-state index in [1.54, 1.807) is 7.05 Å². The highest BCUT2D eigenvalue weighted by Gasteiger charge is 2.25. The van der Waals surface area contributed by atoms with E-state index >= 15 is 0 Å². The van der Waals surface area contributed by atoms with Crippen molar-refractivity contribution in [3.8, 4) is 0 Å². The molecule has 0 amide bonds. The van der Waals surface area contributed by atoms with Gasteiger partial charge in [-0.3, -0.25) is 0 Å². The summed E-state index contributed by atoms with van der Waals surface area (Å²) in [4.78, 5) is 0. The second-order valence-corrected chi connectivity index (χ2v) is 6.83. The zero-order valence-electron chi connectivity index (χ0n) is 11.0. The van der Waals surface area contributed by atoms with Gasteiger partial charge < -0.3 is 5.32 Å². The molecule has 1 atom stereocenters. The van der Waals surface area contributed by atoms with Crippen LogP contribution >= 0.6 is 0 Å². The Morgan fingerprint density at radius 1 is 1.24 bits per heavy atom. The molecule has 0 aromatic heterocycles. The molecular formula is C12H26N2O2S. The zero-order chi connectivity index (χ0) is 12.7. The van der Waals surface area contributed by atoms with E-state index in [-0.39, 0.29) is 11.8 Å². The van der Waals surface area contributed by atoms with Crippen LogP contribution < -0.4 is 10.0 Å². The van der Waals surface area contributed by atoms with E-state index in [1.807, 2.05) is 0 Å². The maximum atomic E-state index is 11.9. The van der Waals surface area contributed by atoms with E-state index in [0.717, 1.165) is 6.42 Å². The van der Waals surface area contributed by atoms with Gasteiger partial charge in [-0.05, 0) is 32.2 Å². The van der Waals surface area contributed by atoms with Crippen LogP contribution in [0.1, 0.15) is 45.4 Å². The average molecular weight is 262 g/mol. The largest absolute Gasteiger partial charge is 0.319 e. The van der Waals surface area contributed by atoms with Crippen LogP contribution in [0.2, 0.25) is 0 Å². The number of rotatable bonds is 7. The van der Waals surface area contributed by atoms with Crippen LogP contribution in [0.5, 0.6) is 0 Å². The highest BCUT2D eigenvalue weighted by atomic mass is 32.2. The maximum Gasteiger partial charge on any atom is 0.213 e. The molecule has 0 aliphatic heterocycles. The van der Waals surface area contributed by atoms with Crippen LogP contribution in [0.3, 0.4) is 0 Å². The van der Waals surface area contributed by atoms with Gasteiger partial charge in [0.1, 0.15) is 0 Å². The van der Waals surface area contributed by atoms with Gasteiger partial charge in [-0.25, -0.2) is 13.1 Å². The van der Waals surface area contributed by atoms with Crippen molar-refractivity contribution in [1.29, 1.82) is 0 Å². The van der Waals surface area contributed by atoms with Crippen molar-refractivity contribution in [2.75, 3.05) is 19.3 Å². The van der Waals surface area contributed by atoms with Gasteiger partial charge >= 0.3 is 0 Å². The molecule has 0 aromatic carbocycles. The zero-order valence-corrected chi connectivity index (χ0v) is 11.9. The van der Waals surface area contributed by atoms with Crippen LogP contribution in [0.25, 0.3) is 0 Å². The minimum Gasteiger partial charge on any atom is -0.319 e. The van der Waals surface area contributed by atoms with Crippen LogP contribution in [0, 0.1) is 5.92 Å². The molecule has 0 saturated heterocycles. The molecule has 102 valence electrons. The van der Waals surface area contributed by atoms with Gasteiger partial charge in [0.15, 0.2) is 0 Å². The molecule has 4 nitrogen and oxygen atoms in total. The molecule has 0 spiro atoms. The molecule has 0 heterocycles. The van der Waals surface area contributed by atoms with Gasteiger partial charge in [0, 0.05) is 12.6 Å². The highest BCUT2D eigenvalue weighted by molar-refractivity contribution is 7.89. The van der Waals surface area contributed by atoms with Crippen molar-refractivity contribution >= 4 is 10.0 Å². The topological polar surface area (TPSA) is 58.2 Å². The summed E-state index contributed by atoms with van der Waals surface area (Å²) in [6.45, 7) is 2.58. The van der Waals surface area contributed by atoms with Gasteiger partial charge in [0.2, 0.25) is 10.0 Å². The van der Waals surface area contributed by atoms with Gasteiger partial charge in [-0.15, -0.1) is 0 Å². The van der Waals surface area contributed by atoms with Gasteiger partial charge in [0.25, 0.3) is 0 Å². The number of hydrogen-bond acceptors (Lipinski definition) is 3. The molecule has 1 fully saturated rings. The molecule has 5 heteroatoms. The Balaban J connectivity index is 2.50. The van der Waals surface area contributed by atoms with Crippen molar-refractivity contribution in [3.05, 3.63) is 0 Å². The van der Waals surface area contributed by atoms with Crippen LogP contribution in [-0.2, 0) is 10.0 Å². The average Bonchev–Trinajstić information content (AvgIpc) is 2.35. The molecule has 1 rings (SSSR count). The summed E-state index contributed by atoms with van der Waals surface area (Å²) in [7, 11) is -1.35. The fourth-order valence-corrected chi connectivity index (χ4v) is 3.99. The molecule has 0 bridgehead atoms. The first-order valence-corrected chi connectivity index (χ1v) is 8.39. The predicted octanol–water partition coefficient (Wildman–Crippen LogP) is 1.48. The summed E-state index contributed by atoms with van der Waals surface area (Å²) in [5.74, 6) is 0.713. The Bertz CT molecular complexity index is 298. The van der Waals surface area contributed by atoms with Crippen LogP contribution in [0.4, 0.5) is 0 Å². The lowest BCUT2D eigenvalue weighted by atomic mass is 9.83. The fourth-order valence-electron chi connectivity index (χ4n) is 2.58. The second-order valence-electron chi connectivity index (χ2n) is 4.95. The first-order valence-electron chi connectivity index (χ1n) is 6.73. The molecule has 0 aromatic rings. The monoisotopic (exact) mass is 262 g/mol. The number of sulfonamides is 1. The van der Waals surface area contributed by atoms with E-state index in [2.05, 4.69) is 17.0 Å². The van der Waals surface area contributed by atoms with E-state index in [9.17, 15) is 8.42 Å². The van der Waals surface area contributed by atoms with E-state index in [0.29, 0.717) is 12.5 Å². The minimum atomic E-state index is -3.12. The molecule has 1 saturated carbocycles. The summed E-state index contributed by atoms with van der Waals surface area (Å²) in [5, 5.41) is 2.88. The van der Waals surface area contributed by atoms with Crippen molar-refractivity contribution in [1.82, 2.24) is 10.0 Å². The standard InChI is InChI=1S/C12H26N2O2S/c1-3-12(11-7-5-4-6-8-11)14-17(15,16)10-9-13-2/h11-14H,3-10H2,1-2H3. The van der Waals surface area contributed by atoms with Crippen molar-refractivity contribution in [2.24, 2.45) is 5.92 Å². The highest BCUT2D eigenvalue weighted by Crippen LogP contribution is 2.27. The Labute approximate surface area is 106 Å². The Hall–Kier alpha value is -0.130. The van der Waals surface area contributed by atoms with Gasteiger partial charge in [0.05, 0.1) is 5.75 Å². The third kappa shape index (κ3) is 5.36. The second kappa shape index (κ2) is 7.34. The summed E-state index contributed by atoms with van der Waals surface area (Å²) in [6, 6.07) is 0.136. The SMILES string of the molecule is CCC(NS(=O)(=O)CCNC)C1CCCCC1. The molecular weight excluding hydrogens is 236 g/mol. The van der Waals surface area contributed by atoms with Crippen molar-refractivity contribution in [3.63, 3.8) is 0 Å². The van der Waals surface area contributed by atoms with E-state index in [4.69, 9.17) is 0 Å². The van der Waals surface area contributed by atoms with Crippen LogP contribution in [-0.4, -0.2) is 33.8 Å². The molecule has 2 N–H and O–H groups in total. The quantitative estimate of drug-likeness (QED) is 0.731. The minimum absolute atomic E-state index is 0.136. The third-order valence-corrected chi connectivity index (χ3v) is 5.01. The lowest BCUT2D eigenvalue weighted by Gasteiger charge is -2.30. The Kier molecular flexibility index (Phi) is 6.44. The van der Waals surface area contributed by atoms with Crippen molar-refractivity contribution < 1.29 is 8.42 Å². The smallest absolute Gasteiger partial charge is 0.213 e. The molecule has 1 aliphatic rings. The molecule has 1 aliphatic carbocycles. The third-order valence-electron chi connectivity index (χ3n) is 3.61. The summed E-state index contributed by atoms with van der Waals surface area (Å²) in [5.41, 5.74) is 0.